The molecule has 1 aliphatic rings. The van der Waals surface area contributed by atoms with Crippen LogP contribution in [0.3, 0.4) is 0 Å². The van der Waals surface area contributed by atoms with Crippen molar-refractivity contribution in [2.45, 2.75) is 25.4 Å². The highest BCUT2D eigenvalue weighted by molar-refractivity contribution is 6.30. The molecule has 0 spiro atoms. The van der Waals surface area contributed by atoms with E-state index in [1.165, 1.54) is 23.8 Å². The van der Waals surface area contributed by atoms with E-state index in [1.807, 2.05) is 24.3 Å². The topological polar surface area (TPSA) is 26.3 Å². The lowest BCUT2D eigenvalue weighted by atomic mass is 9.89. The summed E-state index contributed by atoms with van der Waals surface area (Å²) in [6, 6.07) is 11.8. The number of benzene rings is 2. The summed E-state index contributed by atoms with van der Waals surface area (Å²) in [6.07, 6.45) is 2.37. The van der Waals surface area contributed by atoms with Gasteiger partial charge in [-0.2, -0.15) is 0 Å². The molecule has 0 saturated carbocycles. The highest BCUT2D eigenvalue weighted by atomic mass is 35.5. The second-order valence-electron chi connectivity index (χ2n) is 5.11. The number of rotatable bonds is 2. The Bertz CT molecular complexity index is 684. The molecule has 0 radical (unpaired) electrons. The first-order chi connectivity index (χ1) is 10.1. The SMILES string of the molecule is O=C(OC1CCCc2ccccc21)c1cc(Cl)ccc1F. The summed E-state index contributed by atoms with van der Waals surface area (Å²) in [4.78, 5) is 12.2. The molecule has 2 aromatic rings. The highest BCUT2D eigenvalue weighted by Gasteiger charge is 2.25. The molecule has 0 amide bonds. The lowest BCUT2D eigenvalue weighted by Gasteiger charge is -2.25. The van der Waals surface area contributed by atoms with Gasteiger partial charge in [-0.15, -0.1) is 0 Å². The quantitative estimate of drug-likeness (QED) is 0.751. The first kappa shape index (κ1) is 14.1. The number of carbonyl (C=O) groups is 1. The second kappa shape index (κ2) is 5.86. The van der Waals surface area contributed by atoms with Gasteiger partial charge in [0.15, 0.2) is 0 Å². The normalized spacial score (nSPS) is 17.1. The first-order valence-electron chi connectivity index (χ1n) is 6.89. The molecule has 2 aromatic carbocycles. The van der Waals surface area contributed by atoms with Gasteiger partial charge in [0.2, 0.25) is 0 Å². The van der Waals surface area contributed by atoms with Crippen LogP contribution in [0.4, 0.5) is 4.39 Å². The van der Waals surface area contributed by atoms with Crippen molar-refractivity contribution in [1.29, 1.82) is 0 Å². The second-order valence-corrected chi connectivity index (χ2v) is 5.55. The zero-order chi connectivity index (χ0) is 14.8. The minimum absolute atomic E-state index is 0.120. The van der Waals surface area contributed by atoms with Crippen LogP contribution in [0.15, 0.2) is 42.5 Å². The Labute approximate surface area is 127 Å². The van der Waals surface area contributed by atoms with E-state index < -0.39 is 11.8 Å². The van der Waals surface area contributed by atoms with Crippen LogP contribution in [0.5, 0.6) is 0 Å². The van der Waals surface area contributed by atoms with Gasteiger partial charge in [-0.05, 0) is 48.6 Å². The summed E-state index contributed by atoms with van der Waals surface area (Å²) in [5.41, 5.74) is 2.08. The highest BCUT2D eigenvalue weighted by Crippen LogP contribution is 2.33. The smallest absolute Gasteiger partial charge is 0.341 e. The van der Waals surface area contributed by atoms with Crippen molar-refractivity contribution in [2.24, 2.45) is 0 Å². The number of ether oxygens (including phenoxy) is 1. The third-order valence-corrected chi connectivity index (χ3v) is 3.95. The number of halogens is 2. The van der Waals surface area contributed by atoms with Crippen LogP contribution in [0.2, 0.25) is 5.02 Å². The number of esters is 1. The van der Waals surface area contributed by atoms with Gasteiger partial charge in [0, 0.05) is 5.02 Å². The molecule has 0 fully saturated rings. The molecule has 21 heavy (non-hydrogen) atoms. The van der Waals surface area contributed by atoms with Gasteiger partial charge in [-0.25, -0.2) is 9.18 Å². The Morgan fingerprint density at radius 1 is 1.24 bits per heavy atom. The van der Waals surface area contributed by atoms with E-state index in [9.17, 15) is 9.18 Å². The Morgan fingerprint density at radius 3 is 2.90 bits per heavy atom. The zero-order valence-electron chi connectivity index (χ0n) is 11.3. The lowest BCUT2D eigenvalue weighted by Crippen LogP contribution is -2.17. The fourth-order valence-corrected chi connectivity index (χ4v) is 2.85. The zero-order valence-corrected chi connectivity index (χ0v) is 12.1. The molecule has 0 N–H and O–H groups in total. The van der Waals surface area contributed by atoms with Crippen LogP contribution < -0.4 is 0 Å². The van der Waals surface area contributed by atoms with E-state index in [0.717, 1.165) is 24.8 Å². The van der Waals surface area contributed by atoms with Gasteiger partial charge in [0.25, 0.3) is 0 Å². The van der Waals surface area contributed by atoms with E-state index in [2.05, 4.69) is 0 Å². The van der Waals surface area contributed by atoms with E-state index >= 15 is 0 Å². The van der Waals surface area contributed by atoms with Crippen molar-refractivity contribution >= 4 is 17.6 Å². The number of carbonyl (C=O) groups excluding carboxylic acids is 1. The molecule has 2 nitrogen and oxygen atoms in total. The average molecular weight is 305 g/mol. The largest absolute Gasteiger partial charge is 0.454 e. The van der Waals surface area contributed by atoms with Crippen LogP contribution in [-0.4, -0.2) is 5.97 Å². The molecular weight excluding hydrogens is 291 g/mol. The number of fused-ring (bicyclic) bond motifs is 1. The first-order valence-corrected chi connectivity index (χ1v) is 7.27. The Kier molecular flexibility index (Phi) is 3.93. The van der Waals surface area contributed by atoms with Crippen LogP contribution >= 0.6 is 11.6 Å². The summed E-state index contributed by atoms with van der Waals surface area (Å²) in [7, 11) is 0. The standard InChI is InChI=1S/C17H14ClFO2/c18-12-8-9-15(19)14(10-12)17(20)21-16-7-3-5-11-4-1-2-6-13(11)16/h1-2,4,6,8-10,16H,3,5,7H2. The summed E-state index contributed by atoms with van der Waals surface area (Å²) in [5, 5.41) is 0.312. The minimum Gasteiger partial charge on any atom is -0.454 e. The van der Waals surface area contributed by atoms with Crippen molar-refractivity contribution in [3.05, 3.63) is 70.0 Å². The van der Waals surface area contributed by atoms with E-state index in [0.29, 0.717) is 5.02 Å². The predicted molar refractivity (Wildman–Crippen MR) is 78.9 cm³/mol. The van der Waals surface area contributed by atoms with Gasteiger partial charge >= 0.3 is 5.97 Å². The summed E-state index contributed by atoms with van der Waals surface area (Å²) in [5.74, 6) is -1.29. The minimum atomic E-state index is -0.670. The maximum absolute atomic E-state index is 13.7. The summed E-state index contributed by atoms with van der Waals surface area (Å²) >= 11 is 5.81. The molecular formula is C17H14ClFO2. The Hall–Kier alpha value is -1.87. The Balaban J connectivity index is 1.84. The molecule has 4 heteroatoms. The van der Waals surface area contributed by atoms with Crippen LogP contribution in [-0.2, 0) is 11.2 Å². The molecule has 3 rings (SSSR count). The molecule has 1 aliphatic carbocycles. The molecule has 0 saturated heterocycles. The van der Waals surface area contributed by atoms with Gasteiger partial charge in [0.1, 0.15) is 11.9 Å². The number of hydrogen-bond acceptors (Lipinski definition) is 2. The molecule has 0 heterocycles. The molecule has 1 atom stereocenters. The molecule has 0 aliphatic heterocycles. The fraction of sp³-hybridized carbons (Fsp3) is 0.235. The van der Waals surface area contributed by atoms with E-state index in [4.69, 9.17) is 16.3 Å². The molecule has 1 unspecified atom stereocenters. The van der Waals surface area contributed by atoms with Gasteiger partial charge < -0.3 is 4.74 Å². The third-order valence-electron chi connectivity index (χ3n) is 3.71. The van der Waals surface area contributed by atoms with Crippen molar-refractivity contribution in [1.82, 2.24) is 0 Å². The monoisotopic (exact) mass is 304 g/mol. The van der Waals surface area contributed by atoms with Crippen molar-refractivity contribution < 1.29 is 13.9 Å². The third kappa shape index (κ3) is 2.93. The van der Waals surface area contributed by atoms with E-state index in [-0.39, 0.29) is 11.7 Å². The van der Waals surface area contributed by atoms with Crippen LogP contribution in [0, 0.1) is 5.82 Å². The number of aryl methyl sites for hydroxylation is 1. The Morgan fingerprint density at radius 2 is 2.05 bits per heavy atom. The molecule has 0 aromatic heterocycles. The predicted octanol–water partition coefficient (Wildman–Crippen LogP) is 4.71. The van der Waals surface area contributed by atoms with Gasteiger partial charge in [-0.3, -0.25) is 0 Å². The average Bonchev–Trinajstić information content (AvgIpc) is 2.50. The maximum atomic E-state index is 13.7. The van der Waals surface area contributed by atoms with Crippen molar-refractivity contribution in [3.8, 4) is 0 Å². The fourth-order valence-electron chi connectivity index (χ4n) is 2.68. The number of hydrogen-bond donors (Lipinski definition) is 0. The summed E-state index contributed by atoms with van der Waals surface area (Å²) < 4.78 is 19.2. The van der Waals surface area contributed by atoms with Crippen molar-refractivity contribution in [3.63, 3.8) is 0 Å². The van der Waals surface area contributed by atoms with E-state index in [1.54, 1.807) is 0 Å². The van der Waals surface area contributed by atoms with Crippen LogP contribution in [0.1, 0.15) is 40.4 Å². The van der Waals surface area contributed by atoms with Crippen molar-refractivity contribution in [2.75, 3.05) is 0 Å². The maximum Gasteiger partial charge on any atom is 0.341 e. The molecule has 0 bridgehead atoms. The summed E-state index contributed by atoms with van der Waals surface area (Å²) in [6.45, 7) is 0. The van der Waals surface area contributed by atoms with Gasteiger partial charge in [0.05, 0.1) is 5.56 Å². The van der Waals surface area contributed by atoms with Gasteiger partial charge in [-0.1, -0.05) is 35.9 Å². The van der Waals surface area contributed by atoms with Crippen LogP contribution in [0.25, 0.3) is 0 Å². The lowest BCUT2D eigenvalue weighted by molar-refractivity contribution is 0.0251. The molecule has 108 valence electrons.